The minimum atomic E-state index is -2.90. The number of benzene rings is 2. The van der Waals surface area contributed by atoms with Gasteiger partial charge in [-0.3, -0.25) is 4.57 Å². The summed E-state index contributed by atoms with van der Waals surface area (Å²) in [4.78, 5) is 12.8. The Morgan fingerprint density at radius 3 is 2.55 bits per heavy atom. The molecule has 4 rings (SSSR count). The van der Waals surface area contributed by atoms with Gasteiger partial charge in [-0.1, -0.05) is 6.07 Å². The molecule has 2 aromatic carbocycles. The number of nitrogens with two attached hydrogens (primary N) is 1. The summed E-state index contributed by atoms with van der Waals surface area (Å²) in [6.45, 7) is -1.17. The quantitative estimate of drug-likeness (QED) is 0.522. The van der Waals surface area contributed by atoms with Crippen molar-refractivity contribution in [3.05, 3.63) is 60.2 Å². The van der Waals surface area contributed by atoms with Gasteiger partial charge in [0.05, 0.1) is 5.52 Å². The molecule has 0 radical (unpaired) electrons. The van der Waals surface area contributed by atoms with Crippen LogP contribution in [0.4, 0.5) is 30.6 Å². The first-order chi connectivity index (χ1) is 13.9. The van der Waals surface area contributed by atoms with Crippen molar-refractivity contribution in [2.24, 2.45) is 0 Å². The van der Waals surface area contributed by atoms with Gasteiger partial charge < -0.3 is 15.8 Å². The van der Waals surface area contributed by atoms with Crippen molar-refractivity contribution in [1.29, 1.82) is 0 Å². The third-order valence-electron chi connectivity index (χ3n) is 4.10. The number of imidazole rings is 1. The number of alkyl halides is 2. The summed E-state index contributed by atoms with van der Waals surface area (Å²) >= 11 is 0. The highest BCUT2D eigenvalue weighted by atomic mass is 19.3. The van der Waals surface area contributed by atoms with Crippen LogP contribution in [0.15, 0.2) is 48.5 Å². The molecule has 10 heteroatoms. The number of hydrogen-bond donors (Lipinski definition) is 2. The van der Waals surface area contributed by atoms with E-state index >= 15 is 0 Å². The van der Waals surface area contributed by atoms with Gasteiger partial charge in [-0.25, -0.2) is 9.37 Å². The first kappa shape index (κ1) is 18.5. The monoisotopic (exact) mass is 400 g/mol. The molecule has 0 bridgehead atoms. The van der Waals surface area contributed by atoms with Crippen LogP contribution in [-0.2, 0) is 0 Å². The molecule has 4 aromatic rings. The maximum atomic E-state index is 14.1. The van der Waals surface area contributed by atoms with Gasteiger partial charge in [0.2, 0.25) is 5.95 Å². The van der Waals surface area contributed by atoms with E-state index in [0.29, 0.717) is 22.8 Å². The molecular weight excluding hydrogens is 385 g/mol. The van der Waals surface area contributed by atoms with Crippen LogP contribution in [0.1, 0.15) is 5.82 Å². The number of rotatable bonds is 5. The molecule has 148 valence electrons. The number of nitrogen functional groups attached to an aromatic ring is 1. The molecule has 0 fully saturated rings. The highest BCUT2D eigenvalue weighted by Gasteiger charge is 2.15. The van der Waals surface area contributed by atoms with Gasteiger partial charge >= 0.3 is 6.61 Å². The number of para-hydroxylation sites is 1. The Bertz CT molecular complexity index is 1180. The summed E-state index contributed by atoms with van der Waals surface area (Å²) in [5, 5.41) is 2.95. The van der Waals surface area contributed by atoms with E-state index in [4.69, 9.17) is 5.73 Å². The maximum Gasteiger partial charge on any atom is 0.387 e. The lowest BCUT2D eigenvalue weighted by atomic mass is 10.3. The predicted octanol–water partition coefficient (Wildman–Crippen LogP) is 4.19. The zero-order valence-electron chi connectivity index (χ0n) is 15.1. The van der Waals surface area contributed by atoms with Gasteiger partial charge in [0.15, 0.2) is 5.82 Å². The first-order valence-corrected chi connectivity index (χ1v) is 8.51. The van der Waals surface area contributed by atoms with E-state index in [2.05, 4.69) is 25.0 Å². The lowest BCUT2D eigenvalue weighted by Gasteiger charge is -2.11. The lowest BCUT2D eigenvalue weighted by molar-refractivity contribution is -0.0498. The minimum Gasteiger partial charge on any atom is -0.435 e. The normalized spacial score (nSPS) is 11.2. The Labute approximate surface area is 163 Å². The van der Waals surface area contributed by atoms with Crippen molar-refractivity contribution in [3.63, 3.8) is 0 Å². The second-order valence-electron chi connectivity index (χ2n) is 6.10. The molecule has 0 atom stereocenters. The summed E-state index contributed by atoms with van der Waals surface area (Å²) in [6, 6.07) is 12.0. The van der Waals surface area contributed by atoms with E-state index in [0.717, 1.165) is 0 Å². The SMILES string of the molecule is Cc1nc2c(F)cccc2n1-c1cc(N)nc(Nc2ccc(OC(F)F)cc2)n1. The first-order valence-electron chi connectivity index (χ1n) is 8.51. The second kappa shape index (κ2) is 7.30. The largest absolute Gasteiger partial charge is 0.435 e. The second-order valence-corrected chi connectivity index (χ2v) is 6.10. The predicted molar refractivity (Wildman–Crippen MR) is 102 cm³/mol. The van der Waals surface area contributed by atoms with E-state index in [9.17, 15) is 13.2 Å². The standard InChI is InChI=1S/C19H15F3N6O/c1-10-24-17-13(20)3-2-4-14(17)28(10)16-9-15(23)26-19(27-16)25-11-5-7-12(8-6-11)29-18(21)22/h2-9,18H,1H3,(H3,23,25,26,27). The van der Waals surface area contributed by atoms with Crippen molar-refractivity contribution in [2.45, 2.75) is 13.5 Å². The average molecular weight is 400 g/mol. The van der Waals surface area contributed by atoms with Gasteiger partial charge in [-0.05, 0) is 43.3 Å². The minimum absolute atomic E-state index is 0.0299. The number of fused-ring (bicyclic) bond motifs is 1. The van der Waals surface area contributed by atoms with Crippen LogP contribution in [0.5, 0.6) is 5.75 Å². The molecule has 0 saturated carbocycles. The molecule has 0 unspecified atom stereocenters. The Balaban J connectivity index is 1.69. The molecule has 0 aliphatic heterocycles. The molecule has 0 spiro atoms. The van der Waals surface area contributed by atoms with Gasteiger partial charge in [0, 0.05) is 11.8 Å². The van der Waals surface area contributed by atoms with E-state index in [1.54, 1.807) is 29.7 Å². The molecule has 29 heavy (non-hydrogen) atoms. The Hall–Kier alpha value is -3.82. The molecule has 0 aliphatic rings. The van der Waals surface area contributed by atoms with E-state index in [1.807, 2.05) is 0 Å². The third-order valence-corrected chi connectivity index (χ3v) is 4.10. The van der Waals surface area contributed by atoms with Gasteiger partial charge in [0.25, 0.3) is 0 Å². The molecule has 2 heterocycles. The molecule has 2 aromatic heterocycles. The zero-order valence-corrected chi connectivity index (χ0v) is 15.1. The van der Waals surface area contributed by atoms with Crippen molar-refractivity contribution in [2.75, 3.05) is 11.1 Å². The molecule has 7 nitrogen and oxygen atoms in total. The van der Waals surface area contributed by atoms with Crippen molar-refractivity contribution >= 4 is 28.5 Å². The molecule has 0 amide bonds. The molecule has 0 saturated heterocycles. The van der Waals surface area contributed by atoms with Crippen LogP contribution >= 0.6 is 0 Å². The number of hydrogen-bond acceptors (Lipinski definition) is 6. The lowest BCUT2D eigenvalue weighted by Crippen LogP contribution is -2.07. The van der Waals surface area contributed by atoms with Crippen molar-refractivity contribution < 1.29 is 17.9 Å². The number of anilines is 3. The van der Waals surface area contributed by atoms with Crippen LogP contribution in [0.25, 0.3) is 16.9 Å². The number of halogens is 3. The van der Waals surface area contributed by atoms with Crippen molar-refractivity contribution in [3.8, 4) is 11.6 Å². The van der Waals surface area contributed by atoms with Gasteiger partial charge in [0.1, 0.15) is 28.7 Å². The number of aromatic nitrogens is 4. The summed E-state index contributed by atoms with van der Waals surface area (Å²) in [5.41, 5.74) is 7.23. The van der Waals surface area contributed by atoms with Gasteiger partial charge in [-0.2, -0.15) is 18.7 Å². The Morgan fingerprint density at radius 2 is 1.83 bits per heavy atom. The Kier molecular flexibility index (Phi) is 4.67. The van der Waals surface area contributed by atoms with Gasteiger partial charge in [-0.15, -0.1) is 0 Å². The van der Waals surface area contributed by atoms with E-state index in [-0.39, 0.29) is 23.0 Å². The summed E-state index contributed by atoms with van der Waals surface area (Å²) in [7, 11) is 0. The Morgan fingerprint density at radius 1 is 1.07 bits per heavy atom. The van der Waals surface area contributed by atoms with Crippen LogP contribution in [0, 0.1) is 12.7 Å². The molecular formula is C19H15F3N6O. The number of ether oxygens (including phenoxy) is 1. The fourth-order valence-electron chi connectivity index (χ4n) is 2.94. The summed E-state index contributed by atoms with van der Waals surface area (Å²) in [6.07, 6.45) is 0. The van der Waals surface area contributed by atoms with Crippen LogP contribution < -0.4 is 15.8 Å². The van der Waals surface area contributed by atoms with Crippen LogP contribution in [-0.4, -0.2) is 26.1 Å². The van der Waals surface area contributed by atoms with Crippen LogP contribution in [0.2, 0.25) is 0 Å². The number of nitrogens with zero attached hydrogens (tertiary/aromatic N) is 4. The fraction of sp³-hybridized carbons (Fsp3) is 0.105. The highest BCUT2D eigenvalue weighted by Crippen LogP contribution is 2.25. The highest BCUT2D eigenvalue weighted by molar-refractivity contribution is 5.78. The maximum absolute atomic E-state index is 14.1. The van der Waals surface area contributed by atoms with E-state index in [1.165, 1.54) is 30.3 Å². The fourth-order valence-corrected chi connectivity index (χ4v) is 2.94. The smallest absolute Gasteiger partial charge is 0.387 e. The van der Waals surface area contributed by atoms with E-state index < -0.39 is 12.4 Å². The molecule has 0 aliphatic carbocycles. The topological polar surface area (TPSA) is 90.9 Å². The summed E-state index contributed by atoms with van der Waals surface area (Å²) in [5.74, 6) is 0.900. The van der Waals surface area contributed by atoms with Crippen molar-refractivity contribution in [1.82, 2.24) is 19.5 Å². The number of nitrogens with one attached hydrogen (secondary N) is 1. The summed E-state index contributed by atoms with van der Waals surface area (Å²) < 4.78 is 44.5. The zero-order chi connectivity index (χ0) is 20.5. The number of aryl methyl sites for hydroxylation is 1. The average Bonchev–Trinajstić information content (AvgIpc) is 3.00. The van der Waals surface area contributed by atoms with Crippen LogP contribution in [0.3, 0.4) is 0 Å². The molecule has 3 N–H and O–H groups in total. The third kappa shape index (κ3) is 3.77.